The van der Waals surface area contributed by atoms with Crippen molar-refractivity contribution in [3.63, 3.8) is 0 Å². The summed E-state index contributed by atoms with van der Waals surface area (Å²) in [6.07, 6.45) is 33.8. The molecular weight excluding hydrogens is 364 g/mol. The number of imidazole rings is 1. The Hall–Kier alpha value is -0.790. The first-order valence-electron chi connectivity index (χ1n) is 13.8. The summed E-state index contributed by atoms with van der Waals surface area (Å²) in [6, 6.07) is 0. The molecule has 0 unspecified atom stereocenters. The van der Waals surface area contributed by atoms with E-state index in [1.807, 2.05) is 0 Å². The monoisotopic (exact) mass is 419 g/mol. The van der Waals surface area contributed by atoms with E-state index in [-0.39, 0.29) is 0 Å². The molecule has 2 heteroatoms. The van der Waals surface area contributed by atoms with Gasteiger partial charge in [-0.2, -0.15) is 0 Å². The number of aryl methyl sites for hydroxylation is 2. The average Bonchev–Trinajstić information content (AvgIpc) is 3.18. The highest BCUT2D eigenvalue weighted by Crippen LogP contribution is 2.14. The van der Waals surface area contributed by atoms with E-state index in [2.05, 4.69) is 48.6 Å². The van der Waals surface area contributed by atoms with Crippen molar-refractivity contribution < 1.29 is 4.57 Å². The molecule has 1 heterocycles. The van der Waals surface area contributed by atoms with Gasteiger partial charge in [0.05, 0.1) is 13.1 Å². The van der Waals surface area contributed by atoms with Gasteiger partial charge in [0.15, 0.2) is 0 Å². The number of unbranched alkanes of at least 4 members (excludes halogenated alkanes) is 16. The first kappa shape index (κ1) is 27.2. The number of aromatic nitrogens is 2. The molecule has 0 aromatic carbocycles. The Morgan fingerprint density at radius 3 is 1.70 bits per heavy atom. The average molecular weight is 420 g/mol. The van der Waals surface area contributed by atoms with Crippen LogP contribution in [0.1, 0.15) is 143 Å². The fraction of sp³-hybridized carbons (Fsp3) is 0.893. The van der Waals surface area contributed by atoms with Gasteiger partial charge >= 0.3 is 0 Å². The van der Waals surface area contributed by atoms with Gasteiger partial charge in [-0.25, -0.2) is 9.13 Å². The number of nitrogens with zero attached hydrogens (tertiary/aromatic N) is 2. The van der Waals surface area contributed by atoms with Crippen molar-refractivity contribution in [2.75, 3.05) is 0 Å². The zero-order valence-corrected chi connectivity index (χ0v) is 21.1. The minimum absolute atomic E-state index is 0.888. The summed E-state index contributed by atoms with van der Waals surface area (Å²) >= 11 is 0. The number of rotatable bonds is 22. The molecule has 1 rings (SSSR count). The molecule has 2 nitrogen and oxygen atoms in total. The minimum atomic E-state index is 0.888. The van der Waals surface area contributed by atoms with Crippen LogP contribution in [0, 0.1) is 5.92 Å². The Kier molecular flexibility index (Phi) is 18.3. The van der Waals surface area contributed by atoms with Gasteiger partial charge in [0.1, 0.15) is 12.4 Å². The van der Waals surface area contributed by atoms with Crippen LogP contribution in [0.5, 0.6) is 0 Å². The van der Waals surface area contributed by atoms with Crippen molar-refractivity contribution in [1.82, 2.24) is 4.57 Å². The second-order valence-electron chi connectivity index (χ2n) is 10.1. The number of hydrogen-bond donors (Lipinski definition) is 0. The molecule has 176 valence electrons. The maximum absolute atomic E-state index is 2.39. The molecule has 0 saturated carbocycles. The summed E-state index contributed by atoms with van der Waals surface area (Å²) in [6.45, 7) is 9.36. The van der Waals surface area contributed by atoms with Crippen LogP contribution in [0.25, 0.3) is 0 Å². The Balaban J connectivity index is 1.83. The van der Waals surface area contributed by atoms with Crippen molar-refractivity contribution >= 4 is 0 Å². The maximum Gasteiger partial charge on any atom is 0.243 e. The van der Waals surface area contributed by atoms with Crippen LogP contribution in [0.2, 0.25) is 0 Å². The highest BCUT2D eigenvalue weighted by atomic mass is 15.1. The van der Waals surface area contributed by atoms with Crippen LogP contribution in [0.3, 0.4) is 0 Å². The molecule has 0 saturated heterocycles. The van der Waals surface area contributed by atoms with Crippen LogP contribution < -0.4 is 4.57 Å². The predicted molar refractivity (Wildman–Crippen MR) is 133 cm³/mol. The molecule has 0 aliphatic carbocycles. The van der Waals surface area contributed by atoms with Crippen molar-refractivity contribution in [2.45, 2.75) is 156 Å². The fourth-order valence-electron chi connectivity index (χ4n) is 4.39. The predicted octanol–water partition coefficient (Wildman–Crippen LogP) is 8.86. The van der Waals surface area contributed by atoms with Gasteiger partial charge in [0.25, 0.3) is 0 Å². The topological polar surface area (TPSA) is 8.81 Å². The molecule has 30 heavy (non-hydrogen) atoms. The molecule has 0 fully saturated rings. The van der Waals surface area contributed by atoms with Crippen molar-refractivity contribution in [3.8, 4) is 0 Å². The molecule has 0 spiro atoms. The summed E-state index contributed by atoms with van der Waals surface area (Å²) < 4.78 is 4.77. The number of hydrogen-bond acceptors (Lipinski definition) is 0. The largest absolute Gasteiger partial charge is 0.243 e. The summed E-state index contributed by atoms with van der Waals surface area (Å²) in [4.78, 5) is 0. The van der Waals surface area contributed by atoms with E-state index >= 15 is 0 Å². The van der Waals surface area contributed by atoms with Crippen molar-refractivity contribution in [1.29, 1.82) is 0 Å². The summed E-state index contributed by atoms with van der Waals surface area (Å²) in [5, 5.41) is 0. The third-order valence-corrected chi connectivity index (χ3v) is 6.46. The lowest BCUT2D eigenvalue weighted by atomic mass is 10.0. The van der Waals surface area contributed by atoms with Gasteiger partial charge in [0, 0.05) is 0 Å². The highest BCUT2D eigenvalue weighted by Gasteiger charge is 2.03. The smallest absolute Gasteiger partial charge is 0.237 e. The molecular formula is C28H55N2+. The van der Waals surface area contributed by atoms with Gasteiger partial charge in [-0.3, -0.25) is 0 Å². The van der Waals surface area contributed by atoms with E-state index in [0.29, 0.717) is 0 Å². The maximum atomic E-state index is 2.39. The summed E-state index contributed by atoms with van der Waals surface area (Å²) in [5.74, 6) is 0.888. The van der Waals surface area contributed by atoms with Crippen LogP contribution in [-0.4, -0.2) is 4.57 Å². The second kappa shape index (κ2) is 20.1. The Morgan fingerprint density at radius 2 is 1.13 bits per heavy atom. The minimum Gasteiger partial charge on any atom is -0.237 e. The lowest BCUT2D eigenvalue weighted by Gasteiger charge is -2.04. The van der Waals surface area contributed by atoms with E-state index in [0.717, 1.165) is 5.92 Å². The first-order chi connectivity index (χ1) is 14.7. The molecule has 0 aliphatic rings. The van der Waals surface area contributed by atoms with Gasteiger partial charge < -0.3 is 0 Å². The van der Waals surface area contributed by atoms with E-state index in [9.17, 15) is 0 Å². The lowest BCUT2D eigenvalue weighted by molar-refractivity contribution is -0.696. The SMILES string of the molecule is CCCCCCCCn1cc[n+](CCCCCCCCCCCCCCC(C)C)c1. The van der Waals surface area contributed by atoms with E-state index in [4.69, 9.17) is 0 Å². The van der Waals surface area contributed by atoms with Crippen LogP contribution in [0.15, 0.2) is 18.7 Å². The first-order valence-corrected chi connectivity index (χ1v) is 13.8. The summed E-state index contributed by atoms with van der Waals surface area (Å²) in [7, 11) is 0. The molecule has 0 radical (unpaired) electrons. The zero-order valence-electron chi connectivity index (χ0n) is 21.1. The Morgan fingerprint density at radius 1 is 0.633 bits per heavy atom. The fourth-order valence-corrected chi connectivity index (χ4v) is 4.39. The third kappa shape index (κ3) is 16.9. The quantitative estimate of drug-likeness (QED) is 0.131. The lowest BCUT2D eigenvalue weighted by Crippen LogP contribution is -2.30. The second-order valence-corrected chi connectivity index (χ2v) is 10.1. The standard InChI is InChI=1S/C28H55N2/c1-4-5-6-7-17-20-23-29-25-26-30(27-29)24-21-18-15-13-11-9-8-10-12-14-16-19-22-28(2)3/h25-28H,4-24H2,1-3H3/q+1. The zero-order chi connectivity index (χ0) is 21.7. The Bertz CT molecular complexity index is 463. The van der Waals surface area contributed by atoms with Gasteiger partial charge in [-0.05, 0) is 31.6 Å². The van der Waals surface area contributed by atoms with Gasteiger partial charge in [-0.1, -0.05) is 117 Å². The van der Waals surface area contributed by atoms with Gasteiger partial charge in [-0.15, -0.1) is 0 Å². The molecule has 0 N–H and O–H groups in total. The van der Waals surface area contributed by atoms with Crippen molar-refractivity contribution in [3.05, 3.63) is 18.7 Å². The van der Waals surface area contributed by atoms with Crippen molar-refractivity contribution in [2.24, 2.45) is 5.92 Å². The molecule has 0 amide bonds. The molecule has 1 aromatic rings. The van der Waals surface area contributed by atoms with Crippen LogP contribution >= 0.6 is 0 Å². The Labute approximate surface area is 189 Å². The molecule has 0 bridgehead atoms. The highest BCUT2D eigenvalue weighted by molar-refractivity contribution is 4.66. The molecule has 0 atom stereocenters. The van der Waals surface area contributed by atoms with E-state index < -0.39 is 0 Å². The molecule has 1 aromatic heterocycles. The third-order valence-electron chi connectivity index (χ3n) is 6.46. The molecule has 0 aliphatic heterocycles. The summed E-state index contributed by atoms with van der Waals surface area (Å²) in [5.41, 5.74) is 0. The van der Waals surface area contributed by atoms with E-state index in [1.54, 1.807) is 0 Å². The van der Waals surface area contributed by atoms with Crippen LogP contribution in [-0.2, 0) is 13.1 Å². The van der Waals surface area contributed by atoms with Crippen LogP contribution in [0.4, 0.5) is 0 Å². The van der Waals surface area contributed by atoms with Gasteiger partial charge in [0.2, 0.25) is 6.33 Å². The normalized spacial score (nSPS) is 11.6. The van der Waals surface area contributed by atoms with E-state index in [1.165, 1.54) is 135 Å².